The second-order valence-corrected chi connectivity index (χ2v) is 8.92. The minimum Gasteiger partial charge on any atom is -0.497 e. The number of alkyl halides is 1. The summed E-state index contributed by atoms with van der Waals surface area (Å²) >= 11 is 6.86. The molecular weight excluding hydrogens is 360 g/mol. The number of hydrogen-bond acceptors (Lipinski definition) is 5. The van der Waals surface area contributed by atoms with Crippen molar-refractivity contribution in [2.24, 2.45) is 4.99 Å². The van der Waals surface area contributed by atoms with Gasteiger partial charge < -0.3 is 9.64 Å². The number of amidine groups is 1. The molecule has 2 fully saturated rings. The Morgan fingerprint density at radius 1 is 1.39 bits per heavy atom. The number of fused-ring (bicyclic) bond motifs is 1. The van der Waals surface area contributed by atoms with Crippen molar-refractivity contribution < 1.29 is 17.9 Å². The zero-order valence-electron chi connectivity index (χ0n) is 12.3. The summed E-state index contributed by atoms with van der Waals surface area (Å²) < 4.78 is 29.0. The maximum absolute atomic E-state index is 11.9. The number of halogens is 1. The van der Waals surface area contributed by atoms with Crippen LogP contribution in [0.15, 0.2) is 29.3 Å². The highest BCUT2D eigenvalue weighted by atomic mass is 35.5. The Kier molecular flexibility index (Phi) is 4.57. The molecule has 3 rings (SSSR count). The Hall–Kier alpha value is -1.25. The Balaban J connectivity index is 1.99. The first-order valence-corrected chi connectivity index (χ1v) is 10.1. The van der Waals surface area contributed by atoms with Crippen LogP contribution in [0, 0.1) is 0 Å². The molecule has 0 bridgehead atoms. The van der Waals surface area contributed by atoms with E-state index in [4.69, 9.17) is 16.3 Å². The molecule has 0 spiro atoms. The van der Waals surface area contributed by atoms with Gasteiger partial charge in [-0.1, -0.05) is 11.8 Å². The Morgan fingerprint density at radius 3 is 2.70 bits per heavy atom. The number of carbonyl (C=O) groups excluding carboxylic acids is 1. The number of aliphatic imine (C=N–C) groups is 1. The molecule has 2 saturated heterocycles. The fourth-order valence-electron chi connectivity index (χ4n) is 2.75. The summed E-state index contributed by atoms with van der Waals surface area (Å²) in [5, 5.41) is 0.384. The molecule has 0 N–H and O–H groups in total. The summed E-state index contributed by atoms with van der Waals surface area (Å²) in [4.78, 5) is 17.5. The van der Waals surface area contributed by atoms with E-state index in [2.05, 4.69) is 4.99 Å². The fraction of sp³-hybridized carbons (Fsp3) is 0.429. The van der Waals surface area contributed by atoms with Crippen molar-refractivity contribution in [3.63, 3.8) is 0 Å². The molecule has 6 nitrogen and oxygen atoms in total. The van der Waals surface area contributed by atoms with E-state index >= 15 is 0 Å². The largest absolute Gasteiger partial charge is 0.497 e. The molecule has 0 unspecified atom stereocenters. The minimum atomic E-state index is -3.07. The number of carbonyl (C=O) groups is 1. The monoisotopic (exact) mass is 374 g/mol. The van der Waals surface area contributed by atoms with Crippen LogP contribution in [0.25, 0.3) is 0 Å². The lowest BCUT2D eigenvalue weighted by Crippen LogP contribution is -2.37. The zero-order chi connectivity index (χ0) is 16.6. The number of hydrogen-bond donors (Lipinski definition) is 0. The van der Waals surface area contributed by atoms with Crippen LogP contribution in [-0.4, -0.2) is 55.3 Å². The molecule has 1 aromatic rings. The molecule has 1 aromatic carbocycles. The number of benzene rings is 1. The lowest BCUT2D eigenvalue weighted by Gasteiger charge is -2.24. The minimum absolute atomic E-state index is 0.0603. The average molecular weight is 375 g/mol. The van der Waals surface area contributed by atoms with E-state index in [1.807, 2.05) is 17.0 Å². The van der Waals surface area contributed by atoms with Crippen LogP contribution in [0.3, 0.4) is 0 Å². The van der Waals surface area contributed by atoms with E-state index in [0.717, 1.165) is 5.69 Å². The average Bonchev–Trinajstić information content (AvgIpc) is 2.98. The Bertz CT molecular complexity index is 749. The van der Waals surface area contributed by atoms with Gasteiger partial charge in [-0.15, -0.1) is 11.6 Å². The molecular formula is C14H15ClN2O4S2. The normalized spacial score (nSPS) is 27.2. The van der Waals surface area contributed by atoms with Crippen molar-refractivity contribution in [1.29, 1.82) is 0 Å². The molecule has 2 aliphatic rings. The van der Waals surface area contributed by atoms with Gasteiger partial charge in [-0.25, -0.2) is 8.42 Å². The van der Waals surface area contributed by atoms with E-state index in [-0.39, 0.29) is 28.7 Å². The Morgan fingerprint density at radius 2 is 2.09 bits per heavy atom. The summed E-state index contributed by atoms with van der Waals surface area (Å²) in [6, 6.07) is 7.01. The third kappa shape index (κ3) is 3.34. The van der Waals surface area contributed by atoms with Crippen LogP contribution < -0.4 is 9.64 Å². The number of ether oxygens (including phenoxy) is 1. The van der Waals surface area contributed by atoms with Crippen LogP contribution in [0.4, 0.5) is 5.69 Å². The van der Waals surface area contributed by atoms with Gasteiger partial charge in [0.1, 0.15) is 11.6 Å². The predicted molar refractivity (Wildman–Crippen MR) is 92.5 cm³/mol. The molecule has 0 saturated carbocycles. The van der Waals surface area contributed by atoms with Gasteiger partial charge in [0.25, 0.3) is 5.91 Å². The number of rotatable bonds is 3. The first kappa shape index (κ1) is 16.6. The highest BCUT2D eigenvalue weighted by molar-refractivity contribution is 8.16. The molecule has 0 radical (unpaired) electrons. The summed E-state index contributed by atoms with van der Waals surface area (Å²) in [7, 11) is -1.49. The fourth-order valence-corrected chi connectivity index (χ4v) is 6.74. The van der Waals surface area contributed by atoms with Crippen molar-refractivity contribution >= 4 is 50.0 Å². The number of anilines is 1. The van der Waals surface area contributed by atoms with Crippen molar-refractivity contribution in [3.05, 3.63) is 24.3 Å². The second kappa shape index (κ2) is 6.33. The number of sulfone groups is 1. The molecule has 2 heterocycles. The highest BCUT2D eigenvalue weighted by Gasteiger charge is 2.49. The quantitative estimate of drug-likeness (QED) is 0.747. The van der Waals surface area contributed by atoms with Gasteiger partial charge in [-0.3, -0.25) is 4.79 Å². The molecule has 0 aromatic heterocycles. The van der Waals surface area contributed by atoms with Crippen LogP contribution in [0.1, 0.15) is 0 Å². The van der Waals surface area contributed by atoms with Crippen molar-refractivity contribution in [3.8, 4) is 5.75 Å². The lowest BCUT2D eigenvalue weighted by molar-refractivity contribution is -0.115. The third-order valence-corrected chi connectivity index (χ3v) is 7.19. The number of thioether (sulfide) groups is 1. The maximum atomic E-state index is 11.9. The third-order valence-electron chi connectivity index (χ3n) is 3.75. The SMILES string of the molecule is COc1ccc(N2C(=NC(=O)CCl)S[C@@H]3CS(=O)(=O)C[C@H]32)cc1. The van der Waals surface area contributed by atoms with Gasteiger partial charge >= 0.3 is 0 Å². The van der Waals surface area contributed by atoms with Gasteiger partial charge in [0, 0.05) is 10.9 Å². The lowest BCUT2D eigenvalue weighted by atomic mass is 10.2. The van der Waals surface area contributed by atoms with Crippen LogP contribution in [0.2, 0.25) is 0 Å². The summed E-state index contributed by atoms with van der Waals surface area (Å²) in [5.41, 5.74) is 0.782. The molecule has 2 aliphatic heterocycles. The topological polar surface area (TPSA) is 76.0 Å². The van der Waals surface area contributed by atoms with Gasteiger partial charge in [0.2, 0.25) is 0 Å². The molecule has 1 amide bonds. The van der Waals surface area contributed by atoms with Gasteiger partial charge in [-0.05, 0) is 24.3 Å². The molecule has 2 atom stereocenters. The zero-order valence-corrected chi connectivity index (χ0v) is 14.7. The number of nitrogens with zero attached hydrogens (tertiary/aromatic N) is 2. The molecule has 0 aliphatic carbocycles. The van der Waals surface area contributed by atoms with Gasteiger partial charge in [0.15, 0.2) is 15.0 Å². The van der Waals surface area contributed by atoms with Crippen LogP contribution >= 0.6 is 23.4 Å². The maximum Gasteiger partial charge on any atom is 0.262 e. The summed E-state index contributed by atoms with van der Waals surface area (Å²) in [6.45, 7) is 0. The predicted octanol–water partition coefficient (Wildman–Crippen LogP) is 1.54. The van der Waals surface area contributed by atoms with Gasteiger partial charge in [0.05, 0.1) is 24.7 Å². The standard InChI is InChI=1S/C14H15ClN2O4S2/c1-21-10-4-2-9(3-5-10)17-11-7-23(19,20)8-12(11)22-14(17)16-13(18)6-15/h2-5,11-12H,6-8H2,1H3/t11-,12-/m1/s1. The molecule has 124 valence electrons. The number of amides is 1. The van der Waals surface area contributed by atoms with Crippen molar-refractivity contribution in [2.75, 3.05) is 29.4 Å². The molecule has 23 heavy (non-hydrogen) atoms. The van der Waals surface area contributed by atoms with E-state index in [0.29, 0.717) is 10.9 Å². The molecule has 9 heteroatoms. The first-order chi connectivity index (χ1) is 10.9. The number of methoxy groups -OCH3 is 1. The van der Waals surface area contributed by atoms with E-state index < -0.39 is 15.7 Å². The second-order valence-electron chi connectivity index (χ2n) is 5.29. The van der Waals surface area contributed by atoms with Crippen LogP contribution in [0.5, 0.6) is 5.75 Å². The van der Waals surface area contributed by atoms with Crippen molar-refractivity contribution in [1.82, 2.24) is 0 Å². The first-order valence-electron chi connectivity index (χ1n) is 6.91. The summed E-state index contributed by atoms with van der Waals surface area (Å²) in [5.74, 6) is 0.226. The Labute approximate surface area is 143 Å². The van der Waals surface area contributed by atoms with E-state index in [1.165, 1.54) is 11.8 Å². The highest BCUT2D eigenvalue weighted by Crippen LogP contribution is 2.41. The van der Waals surface area contributed by atoms with E-state index in [1.54, 1.807) is 19.2 Å². The van der Waals surface area contributed by atoms with Gasteiger partial charge in [-0.2, -0.15) is 4.99 Å². The van der Waals surface area contributed by atoms with Crippen LogP contribution in [-0.2, 0) is 14.6 Å². The van der Waals surface area contributed by atoms with Crippen molar-refractivity contribution in [2.45, 2.75) is 11.3 Å². The smallest absolute Gasteiger partial charge is 0.262 e. The van der Waals surface area contributed by atoms with E-state index in [9.17, 15) is 13.2 Å². The summed E-state index contributed by atoms with van der Waals surface area (Å²) in [6.07, 6.45) is 0.